The van der Waals surface area contributed by atoms with Crippen molar-refractivity contribution in [1.29, 1.82) is 0 Å². The molecule has 27 heavy (non-hydrogen) atoms. The van der Waals surface area contributed by atoms with E-state index in [4.69, 9.17) is 14.2 Å². The Balaban J connectivity index is 1.67. The van der Waals surface area contributed by atoms with Crippen LogP contribution >= 0.6 is 0 Å². The van der Waals surface area contributed by atoms with Gasteiger partial charge in [-0.1, -0.05) is 11.6 Å². The Morgan fingerprint density at radius 2 is 1.70 bits per heavy atom. The van der Waals surface area contributed by atoms with Crippen molar-refractivity contribution in [3.8, 4) is 17.2 Å². The number of nitrogens with one attached hydrogen (secondary N) is 1. The summed E-state index contributed by atoms with van der Waals surface area (Å²) in [6.07, 6.45) is 0. The lowest BCUT2D eigenvalue weighted by Gasteiger charge is -2.10. The van der Waals surface area contributed by atoms with Crippen molar-refractivity contribution in [2.24, 2.45) is 0 Å². The molecule has 0 heterocycles. The smallest absolute Gasteiger partial charge is 0.342 e. The van der Waals surface area contributed by atoms with Gasteiger partial charge in [0.1, 0.15) is 29.4 Å². The molecule has 0 atom stereocenters. The lowest BCUT2D eigenvalue weighted by Crippen LogP contribution is -2.32. The SMILES string of the molecule is CCOc1ccc(OCCNC(=O)COC(=O)c2cc(C)ccc2O)cc1. The van der Waals surface area contributed by atoms with Crippen molar-refractivity contribution in [3.63, 3.8) is 0 Å². The second-order valence-electron chi connectivity index (χ2n) is 5.70. The maximum absolute atomic E-state index is 11.9. The second kappa shape index (κ2) is 10.1. The fourth-order valence-electron chi connectivity index (χ4n) is 2.23. The molecule has 0 saturated carbocycles. The van der Waals surface area contributed by atoms with Gasteiger partial charge in [0, 0.05) is 0 Å². The number of aromatic hydroxyl groups is 1. The molecule has 7 nitrogen and oxygen atoms in total. The van der Waals surface area contributed by atoms with Crippen molar-refractivity contribution in [2.75, 3.05) is 26.4 Å². The summed E-state index contributed by atoms with van der Waals surface area (Å²) < 4.78 is 15.8. The Morgan fingerprint density at radius 1 is 1.04 bits per heavy atom. The quantitative estimate of drug-likeness (QED) is 0.518. The molecule has 0 bridgehead atoms. The molecule has 7 heteroatoms. The minimum Gasteiger partial charge on any atom is -0.507 e. The zero-order valence-corrected chi connectivity index (χ0v) is 15.4. The van der Waals surface area contributed by atoms with Crippen LogP contribution < -0.4 is 14.8 Å². The van der Waals surface area contributed by atoms with Crippen molar-refractivity contribution in [1.82, 2.24) is 5.32 Å². The van der Waals surface area contributed by atoms with E-state index in [1.165, 1.54) is 12.1 Å². The predicted octanol–water partition coefficient (Wildman–Crippen LogP) is 2.45. The highest BCUT2D eigenvalue weighted by molar-refractivity contribution is 5.94. The van der Waals surface area contributed by atoms with E-state index in [9.17, 15) is 14.7 Å². The lowest BCUT2D eigenvalue weighted by molar-refractivity contribution is -0.124. The Labute approximate surface area is 157 Å². The van der Waals surface area contributed by atoms with Gasteiger partial charge < -0.3 is 24.6 Å². The summed E-state index contributed by atoms with van der Waals surface area (Å²) in [5.41, 5.74) is 0.831. The van der Waals surface area contributed by atoms with E-state index in [0.29, 0.717) is 12.4 Å². The summed E-state index contributed by atoms with van der Waals surface area (Å²) in [5, 5.41) is 12.3. The number of esters is 1. The number of carbonyl (C=O) groups is 2. The zero-order valence-electron chi connectivity index (χ0n) is 15.4. The van der Waals surface area contributed by atoms with Gasteiger partial charge in [-0.3, -0.25) is 4.79 Å². The number of carbonyl (C=O) groups excluding carboxylic acids is 2. The third kappa shape index (κ3) is 6.54. The molecule has 2 aromatic rings. The molecule has 2 aromatic carbocycles. The van der Waals surface area contributed by atoms with Gasteiger partial charge in [-0.15, -0.1) is 0 Å². The van der Waals surface area contributed by atoms with Gasteiger partial charge in [0.25, 0.3) is 5.91 Å². The number of aryl methyl sites for hydroxylation is 1. The largest absolute Gasteiger partial charge is 0.507 e. The van der Waals surface area contributed by atoms with Crippen LogP contribution in [0.5, 0.6) is 17.2 Å². The molecule has 0 aliphatic heterocycles. The van der Waals surface area contributed by atoms with Gasteiger partial charge in [-0.25, -0.2) is 4.79 Å². The Kier molecular flexibility index (Phi) is 7.49. The van der Waals surface area contributed by atoms with Crippen molar-refractivity contribution < 1.29 is 28.9 Å². The average Bonchev–Trinajstić information content (AvgIpc) is 2.66. The Morgan fingerprint density at radius 3 is 2.37 bits per heavy atom. The first kappa shape index (κ1) is 20.1. The highest BCUT2D eigenvalue weighted by Crippen LogP contribution is 2.19. The third-order valence-corrected chi connectivity index (χ3v) is 3.53. The number of benzene rings is 2. The van der Waals surface area contributed by atoms with Gasteiger partial charge in [0.15, 0.2) is 6.61 Å². The molecular formula is C20H23NO6. The highest BCUT2D eigenvalue weighted by Gasteiger charge is 2.14. The topological polar surface area (TPSA) is 94.1 Å². The van der Waals surface area contributed by atoms with Crippen molar-refractivity contribution in [2.45, 2.75) is 13.8 Å². The number of ether oxygens (including phenoxy) is 3. The Hall–Kier alpha value is -3.22. The molecule has 0 fully saturated rings. The van der Waals surface area contributed by atoms with E-state index in [1.807, 2.05) is 6.92 Å². The van der Waals surface area contributed by atoms with Crippen molar-refractivity contribution in [3.05, 3.63) is 53.6 Å². The van der Waals surface area contributed by atoms with Gasteiger partial charge in [-0.2, -0.15) is 0 Å². The molecule has 0 unspecified atom stereocenters. The maximum atomic E-state index is 11.9. The van der Waals surface area contributed by atoms with Crippen LogP contribution in [0.1, 0.15) is 22.8 Å². The molecular weight excluding hydrogens is 350 g/mol. The van der Waals surface area contributed by atoms with Gasteiger partial charge in [0.05, 0.1) is 13.2 Å². The monoisotopic (exact) mass is 373 g/mol. The molecule has 0 saturated heterocycles. The van der Waals surface area contributed by atoms with E-state index in [1.54, 1.807) is 37.3 Å². The fourth-order valence-corrected chi connectivity index (χ4v) is 2.23. The van der Waals surface area contributed by atoms with E-state index >= 15 is 0 Å². The van der Waals surface area contributed by atoms with Crippen LogP contribution in [-0.4, -0.2) is 43.3 Å². The minimum absolute atomic E-state index is 0.0293. The Bertz CT molecular complexity index is 773. The third-order valence-electron chi connectivity index (χ3n) is 3.53. The van der Waals surface area contributed by atoms with Gasteiger partial charge in [-0.05, 0) is 50.2 Å². The maximum Gasteiger partial charge on any atom is 0.342 e. The summed E-state index contributed by atoms with van der Waals surface area (Å²) in [4.78, 5) is 23.6. The summed E-state index contributed by atoms with van der Waals surface area (Å²) >= 11 is 0. The zero-order chi connectivity index (χ0) is 19.6. The average molecular weight is 373 g/mol. The molecule has 1 amide bonds. The first-order valence-electron chi connectivity index (χ1n) is 8.58. The van der Waals surface area contributed by atoms with Gasteiger partial charge >= 0.3 is 5.97 Å². The molecule has 0 aliphatic rings. The van der Waals surface area contributed by atoms with Crippen LogP contribution in [0.15, 0.2) is 42.5 Å². The highest BCUT2D eigenvalue weighted by atomic mass is 16.5. The summed E-state index contributed by atoms with van der Waals surface area (Å²) in [6, 6.07) is 11.7. The lowest BCUT2D eigenvalue weighted by atomic mass is 10.1. The summed E-state index contributed by atoms with van der Waals surface area (Å²) in [7, 11) is 0. The number of phenols is 1. The number of hydrogen-bond acceptors (Lipinski definition) is 6. The summed E-state index contributed by atoms with van der Waals surface area (Å²) in [6.45, 7) is 4.39. The predicted molar refractivity (Wildman–Crippen MR) is 99.2 cm³/mol. The molecule has 0 radical (unpaired) electrons. The van der Waals surface area contributed by atoms with Crippen LogP contribution in [0.25, 0.3) is 0 Å². The first-order valence-corrected chi connectivity index (χ1v) is 8.58. The molecule has 2 N–H and O–H groups in total. The van der Waals surface area contributed by atoms with Gasteiger partial charge in [0.2, 0.25) is 0 Å². The first-order chi connectivity index (χ1) is 13.0. The number of hydrogen-bond donors (Lipinski definition) is 2. The van der Waals surface area contributed by atoms with E-state index in [-0.39, 0.29) is 24.5 Å². The molecule has 0 aliphatic carbocycles. The van der Waals surface area contributed by atoms with Crippen molar-refractivity contribution >= 4 is 11.9 Å². The number of amides is 1. The standard InChI is InChI=1S/C20H23NO6/c1-3-25-15-5-7-16(8-6-15)26-11-10-21-19(23)13-27-20(24)17-12-14(2)4-9-18(17)22/h4-9,12,22H,3,10-11,13H2,1-2H3,(H,21,23). The molecule has 144 valence electrons. The van der Waals surface area contributed by atoms with Crippen LogP contribution in [0, 0.1) is 6.92 Å². The summed E-state index contributed by atoms with van der Waals surface area (Å²) in [5.74, 6) is 0.0335. The van der Waals surface area contributed by atoms with Crippen LogP contribution in [0.4, 0.5) is 0 Å². The van der Waals surface area contributed by atoms with Crippen LogP contribution in [-0.2, 0) is 9.53 Å². The number of rotatable bonds is 9. The number of phenolic OH excluding ortho intramolecular Hbond substituents is 1. The van der Waals surface area contributed by atoms with E-state index in [0.717, 1.165) is 11.3 Å². The normalized spacial score (nSPS) is 10.1. The van der Waals surface area contributed by atoms with E-state index in [2.05, 4.69) is 5.32 Å². The second-order valence-corrected chi connectivity index (χ2v) is 5.70. The van der Waals surface area contributed by atoms with Crippen LogP contribution in [0.3, 0.4) is 0 Å². The fraction of sp³-hybridized carbons (Fsp3) is 0.300. The molecule has 0 spiro atoms. The molecule has 2 rings (SSSR count). The van der Waals surface area contributed by atoms with E-state index < -0.39 is 18.5 Å². The minimum atomic E-state index is -0.753. The molecule has 0 aromatic heterocycles. The van der Waals surface area contributed by atoms with Crippen LogP contribution in [0.2, 0.25) is 0 Å².